The van der Waals surface area contributed by atoms with E-state index in [2.05, 4.69) is 10.6 Å². The maximum atomic E-state index is 13.0. The van der Waals surface area contributed by atoms with E-state index in [0.717, 1.165) is 58.0 Å². The molecule has 0 atom stereocenters. The summed E-state index contributed by atoms with van der Waals surface area (Å²) in [5, 5.41) is 6.48. The second kappa shape index (κ2) is 9.48. The Labute approximate surface area is 146 Å². The van der Waals surface area contributed by atoms with Crippen molar-refractivity contribution in [3.63, 3.8) is 0 Å². The largest absolute Gasteiger partial charge is 0.341 e. The molecule has 2 N–H and O–H groups in total. The van der Waals surface area contributed by atoms with E-state index in [1.165, 1.54) is 0 Å². The zero-order valence-electron chi connectivity index (χ0n) is 14.5. The lowest BCUT2D eigenvalue weighted by Gasteiger charge is -2.41. The summed E-state index contributed by atoms with van der Waals surface area (Å²) < 4.78 is 0. The molecule has 1 aliphatic heterocycles. The first-order valence-electron chi connectivity index (χ1n) is 8.95. The quantitative estimate of drug-likeness (QED) is 0.802. The van der Waals surface area contributed by atoms with Gasteiger partial charge >= 0.3 is 0 Å². The van der Waals surface area contributed by atoms with Crippen LogP contribution in [0.5, 0.6) is 0 Å². The number of hydrogen-bond acceptors (Lipinski definition) is 3. The minimum atomic E-state index is -0.647. The number of carbonyl (C=O) groups is 2. The van der Waals surface area contributed by atoms with Crippen molar-refractivity contribution in [1.82, 2.24) is 15.5 Å². The van der Waals surface area contributed by atoms with Gasteiger partial charge in [-0.15, -0.1) is 12.4 Å². The fraction of sp³-hybridized carbons (Fsp3) is 0.882. The van der Waals surface area contributed by atoms with E-state index < -0.39 is 5.54 Å². The van der Waals surface area contributed by atoms with Gasteiger partial charge in [0.1, 0.15) is 5.54 Å². The molecule has 1 saturated heterocycles. The summed E-state index contributed by atoms with van der Waals surface area (Å²) in [6.45, 7) is 7.23. The number of hydrogen-bond donors (Lipinski definition) is 2. The molecule has 0 spiro atoms. The van der Waals surface area contributed by atoms with Crippen molar-refractivity contribution in [3.8, 4) is 0 Å². The Morgan fingerprint density at radius 3 is 2.17 bits per heavy atom. The molecule has 2 aliphatic rings. The maximum absolute atomic E-state index is 13.0. The fourth-order valence-electron chi connectivity index (χ4n) is 3.78. The number of likely N-dealkylation sites (N-methyl/N-ethyl adjacent to an activating group) is 1. The van der Waals surface area contributed by atoms with Crippen LogP contribution in [0.1, 0.15) is 58.8 Å². The van der Waals surface area contributed by atoms with Crippen molar-refractivity contribution in [1.29, 1.82) is 0 Å². The first kappa shape index (κ1) is 20.2. The summed E-state index contributed by atoms with van der Waals surface area (Å²) in [6.07, 6.45) is 6.55. The molecule has 1 heterocycles. The molecule has 23 heavy (non-hydrogen) atoms. The smallest absolute Gasteiger partial charge is 0.248 e. The van der Waals surface area contributed by atoms with Gasteiger partial charge in [0, 0.05) is 19.0 Å². The van der Waals surface area contributed by atoms with Crippen molar-refractivity contribution in [3.05, 3.63) is 0 Å². The second-order valence-electron chi connectivity index (χ2n) is 6.63. The first-order chi connectivity index (χ1) is 10.6. The molecule has 2 rings (SSSR count). The molecule has 2 fully saturated rings. The minimum absolute atomic E-state index is 0. The summed E-state index contributed by atoms with van der Waals surface area (Å²) in [6, 6.07) is 0. The highest BCUT2D eigenvalue weighted by molar-refractivity contribution is 5.92. The van der Waals surface area contributed by atoms with Gasteiger partial charge in [-0.05, 0) is 52.6 Å². The van der Waals surface area contributed by atoms with Gasteiger partial charge in [-0.25, -0.2) is 0 Å². The lowest BCUT2D eigenvalue weighted by atomic mass is 9.79. The van der Waals surface area contributed by atoms with Crippen molar-refractivity contribution in [2.45, 2.75) is 64.3 Å². The molecule has 1 saturated carbocycles. The van der Waals surface area contributed by atoms with Crippen molar-refractivity contribution in [2.75, 3.05) is 26.2 Å². The Morgan fingerprint density at radius 2 is 1.65 bits per heavy atom. The average molecular weight is 346 g/mol. The van der Waals surface area contributed by atoms with Crippen LogP contribution in [0.3, 0.4) is 0 Å². The van der Waals surface area contributed by atoms with Crippen LogP contribution in [0.2, 0.25) is 0 Å². The SMILES string of the molecule is CCN(CC)C(=O)C1(NC(=O)C2CCNCC2)CCCCC1.Cl. The lowest BCUT2D eigenvalue weighted by Crippen LogP contribution is -2.61. The molecule has 0 aromatic heterocycles. The van der Waals surface area contributed by atoms with E-state index in [4.69, 9.17) is 0 Å². The summed E-state index contributed by atoms with van der Waals surface area (Å²) in [4.78, 5) is 27.5. The zero-order valence-corrected chi connectivity index (χ0v) is 15.3. The standard InChI is InChI=1S/C17H31N3O2.ClH/c1-3-20(4-2)16(22)17(10-6-5-7-11-17)19-15(21)14-8-12-18-13-9-14;/h14,18H,3-13H2,1-2H3,(H,19,21);1H. The Morgan fingerprint density at radius 1 is 1.09 bits per heavy atom. The number of halogens is 1. The zero-order chi connectivity index (χ0) is 16.0. The van der Waals surface area contributed by atoms with E-state index in [0.29, 0.717) is 13.1 Å². The topological polar surface area (TPSA) is 61.4 Å². The Hall–Kier alpha value is -0.810. The molecule has 5 nitrogen and oxygen atoms in total. The van der Waals surface area contributed by atoms with Gasteiger partial charge in [0.2, 0.25) is 11.8 Å². The van der Waals surface area contributed by atoms with Crippen LogP contribution >= 0.6 is 12.4 Å². The summed E-state index contributed by atoms with van der Waals surface area (Å²) in [7, 11) is 0. The van der Waals surface area contributed by atoms with E-state index in [9.17, 15) is 9.59 Å². The van der Waals surface area contributed by atoms with Crippen LogP contribution in [-0.2, 0) is 9.59 Å². The van der Waals surface area contributed by atoms with Gasteiger partial charge in [0.05, 0.1) is 0 Å². The molecule has 0 radical (unpaired) electrons. The summed E-state index contributed by atoms with van der Waals surface area (Å²) >= 11 is 0. The van der Waals surface area contributed by atoms with Gasteiger partial charge in [-0.2, -0.15) is 0 Å². The monoisotopic (exact) mass is 345 g/mol. The highest BCUT2D eigenvalue weighted by Gasteiger charge is 2.43. The highest BCUT2D eigenvalue weighted by Crippen LogP contribution is 2.31. The normalized spacial score (nSPS) is 21.1. The van der Waals surface area contributed by atoms with Crippen LogP contribution in [0.15, 0.2) is 0 Å². The van der Waals surface area contributed by atoms with E-state index in [1.54, 1.807) is 0 Å². The molecule has 0 aromatic rings. The first-order valence-corrected chi connectivity index (χ1v) is 8.95. The van der Waals surface area contributed by atoms with Gasteiger partial charge in [-0.1, -0.05) is 19.3 Å². The van der Waals surface area contributed by atoms with Gasteiger partial charge < -0.3 is 15.5 Å². The van der Waals surface area contributed by atoms with Crippen LogP contribution in [-0.4, -0.2) is 48.4 Å². The number of piperidine rings is 1. The Kier molecular flexibility index (Phi) is 8.34. The molecule has 134 valence electrons. The molecule has 6 heteroatoms. The average Bonchev–Trinajstić information content (AvgIpc) is 2.57. The van der Waals surface area contributed by atoms with Gasteiger partial charge in [0.15, 0.2) is 0 Å². The number of nitrogens with zero attached hydrogens (tertiary/aromatic N) is 1. The predicted octanol–water partition coefficient (Wildman–Crippen LogP) is 2.10. The third kappa shape index (κ3) is 4.83. The van der Waals surface area contributed by atoms with E-state index >= 15 is 0 Å². The van der Waals surface area contributed by atoms with Crippen LogP contribution in [0.25, 0.3) is 0 Å². The number of nitrogens with one attached hydrogen (secondary N) is 2. The van der Waals surface area contributed by atoms with Crippen LogP contribution < -0.4 is 10.6 Å². The minimum Gasteiger partial charge on any atom is -0.341 e. The molecular weight excluding hydrogens is 314 g/mol. The second-order valence-corrected chi connectivity index (χ2v) is 6.63. The van der Waals surface area contributed by atoms with Gasteiger partial charge in [0.25, 0.3) is 0 Å². The molecule has 0 aromatic carbocycles. The molecule has 2 amide bonds. The summed E-state index contributed by atoms with van der Waals surface area (Å²) in [5.74, 6) is 0.271. The maximum Gasteiger partial charge on any atom is 0.248 e. The fourth-order valence-corrected chi connectivity index (χ4v) is 3.78. The van der Waals surface area contributed by atoms with E-state index in [1.807, 2.05) is 18.7 Å². The predicted molar refractivity (Wildman–Crippen MR) is 94.7 cm³/mol. The number of carbonyl (C=O) groups excluding carboxylic acids is 2. The third-order valence-electron chi connectivity index (χ3n) is 5.24. The molecule has 0 bridgehead atoms. The Bertz CT molecular complexity index is 387. The van der Waals surface area contributed by atoms with Crippen molar-refractivity contribution >= 4 is 24.2 Å². The lowest BCUT2D eigenvalue weighted by molar-refractivity contribution is -0.144. The molecule has 1 aliphatic carbocycles. The van der Waals surface area contributed by atoms with Crippen molar-refractivity contribution < 1.29 is 9.59 Å². The Balaban J connectivity index is 0.00000264. The third-order valence-corrected chi connectivity index (χ3v) is 5.24. The van der Waals surface area contributed by atoms with Crippen LogP contribution in [0.4, 0.5) is 0 Å². The molecular formula is C17H32ClN3O2. The number of amides is 2. The van der Waals surface area contributed by atoms with Crippen LogP contribution in [0, 0.1) is 5.92 Å². The number of rotatable bonds is 5. The van der Waals surface area contributed by atoms with Crippen molar-refractivity contribution in [2.24, 2.45) is 5.92 Å². The highest BCUT2D eigenvalue weighted by atomic mass is 35.5. The van der Waals surface area contributed by atoms with Gasteiger partial charge in [-0.3, -0.25) is 9.59 Å². The summed E-state index contributed by atoms with van der Waals surface area (Å²) in [5.41, 5.74) is -0.647. The molecule has 0 unspecified atom stereocenters. The van der Waals surface area contributed by atoms with E-state index in [-0.39, 0.29) is 30.1 Å².